The molecule has 1 aromatic carbocycles. The number of likely N-dealkylation sites (tertiary alicyclic amines) is 1. The van der Waals surface area contributed by atoms with Gasteiger partial charge in [-0.25, -0.2) is 0 Å². The number of hydrogen-bond donors (Lipinski definition) is 2. The molecule has 2 aliphatic rings. The van der Waals surface area contributed by atoms with E-state index in [1.807, 2.05) is 0 Å². The van der Waals surface area contributed by atoms with E-state index in [-0.39, 0.29) is 29.6 Å². The Labute approximate surface area is 227 Å². The van der Waals surface area contributed by atoms with Gasteiger partial charge in [-0.1, -0.05) is 0 Å². The fourth-order valence-electron chi connectivity index (χ4n) is 5.36. The molecule has 0 spiro atoms. The number of rotatable bonds is 7. The highest BCUT2D eigenvalue weighted by Gasteiger charge is 2.41. The number of aromatic nitrogens is 2. The number of carbonyl (C=O) groups is 1. The fraction of sp³-hybridized carbons (Fsp3) is 0.630. The first kappa shape index (κ1) is 29.0. The van der Waals surface area contributed by atoms with Crippen LogP contribution < -0.4 is 16.2 Å². The van der Waals surface area contributed by atoms with Gasteiger partial charge >= 0.3 is 6.18 Å². The van der Waals surface area contributed by atoms with Crippen LogP contribution in [0.1, 0.15) is 68.3 Å². The Morgan fingerprint density at radius 1 is 1.00 bits per heavy atom. The first-order valence-corrected chi connectivity index (χ1v) is 13.6. The van der Waals surface area contributed by atoms with E-state index in [4.69, 9.17) is 16.2 Å². The lowest BCUT2D eigenvalue weighted by Crippen LogP contribution is -2.50. The van der Waals surface area contributed by atoms with Gasteiger partial charge in [0.15, 0.2) is 5.69 Å². The summed E-state index contributed by atoms with van der Waals surface area (Å²) in [4.78, 5) is 19.5. The normalized spacial score (nSPS) is 18.3. The van der Waals surface area contributed by atoms with Gasteiger partial charge in [0, 0.05) is 56.9 Å². The smallest absolute Gasteiger partial charge is 0.435 e. The number of alkyl halides is 3. The number of benzene rings is 1. The maximum atomic E-state index is 14.0. The lowest BCUT2D eigenvalue weighted by atomic mass is 10.0. The van der Waals surface area contributed by atoms with Crippen molar-refractivity contribution in [3.63, 3.8) is 0 Å². The lowest BCUT2D eigenvalue weighted by molar-refractivity contribution is -0.144. The van der Waals surface area contributed by atoms with Gasteiger partial charge < -0.3 is 26.0 Å². The highest BCUT2D eigenvalue weighted by molar-refractivity contribution is 5.95. The second kappa shape index (κ2) is 11.6. The average molecular weight is 552 g/mol. The third kappa shape index (κ3) is 6.43. The van der Waals surface area contributed by atoms with Gasteiger partial charge in [-0.3, -0.25) is 14.4 Å². The molecule has 9 nitrogen and oxygen atoms in total. The summed E-state index contributed by atoms with van der Waals surface area (Å²) in [5.41, 5.74) is 11.4. The van der Waals surface area contributed by atoms with E-state index in [0.717, 1.165) is 17.8 Å². The number of piperazine rings is 1. The molecule has 0 bridgehead atoms. The first-order valence-electron chi connectivity index (χ1n) is 13.6. The Bertz CT molecular complexity index is 1150. The van der Waals surface area contributed by atoms with Crippen LogP contribution in [0.3, 0.4) is 0 Å². The van der Waals surface area contributed by atoms with Crippen LogP contribution in [0.4, 0.5) is 24.5 Å². The fourth-order valence-corrected chi connectivity index (χ4v) is 5.36. The zero-order valence-corrected chi connectivity index (χ0v) is 23.2. The van der Waals surface area contributed by atoms with Crippen LogP contribution in [0.2, 0.25) is 0 Å². The van der Waals surface area contributed by atoms with Gasteiger partial charge in [-0.05, 0) is 58.7 Å². The van der Waals surface area contributed by atoms with Gasteiger partial charge in [-0.2, -0.15) is 18.3 Å². The van der Waals surface area contributed by atoms with Gasteiger partial charge in [0.1, 0.15) is 18.1 Å². The average Bonchev–Trinajstić information content (AvgIpc) is 3.24. The van der Waals surface area contributed by atoms with Gasteiger partial charge in [0.05, 0.1) is 17.4 Å². The summed E-state index contributed by atoms with van der Waals surface area (Å²) >= 11 is 0. The largest absolute Gasteiger partial charge is 0.485 e. The summed E-state index contributed by atoms with van der Waals surface area (Å²) in [5.74, 6) is 0.0635. The number of anilines is 2. The molecule has 0 unspecified atom stereocenters. The third-order valence-electron chi connectivity index (χ3n) is 7.82. The number of amides is 1. The molecule has 2 saturated heterocycles. The summed E-state index contributed by atoms with van der Waals surface area (Å²) in [6.45, 7) is 12.3. The molecule has 4 N–H and O–H groups in total. The first-order chi connectivity index (χ1) is 18.4. The van der Waals surface area contributed by atoms with E-state index in [1.165, 1.54) is 6.07 Å². The minimum atomic E-state index is -4.66. The summed E-state index contributed by atoms with van der Waals surface area (Å²) in [7, 11) is 0. The second-order valence-electron chi connectivity index (χ2n) is 11.0. The van der Waals surface area contributed by atoms with E-state index in [0.29, 0.717) is 56.7 Å². The number of halogens is 3. The molecule has 1 aromatic heterocycles. The highest BCUT2D eigenvalue weighted by Crippen LogP contribution is 2.39. The van der Waals surface area contributed by atoms with E-state index in [2.05, 4.69) is 42.6 Å². The number of nitrogens with zero attached hydrogens (tertiary/aromatic N) is 5. The van der Waals surface area contributed by atoms with Crippen molar-refractivity contribution >= 4 is 17.3 Å². The molecule has 39 heavy (non-hydrogen) atoms. The zero-order chi connectivity index (χ0) is 28.5. The number of nitrogens with two attached hydrogens (primary N) is 2. The van der Waals surface area contributed by atoms with Crippen molar-refractivity contribution in [3.8, 4) is 5.75 Å². The molecule has 12 heteroatoms. The maximum absolute atomic E-state index is 14.0. The van der Waals surface area contributed by atoms with Crippen LogP contribution in [0.5, 0.6) is 5.75 Å². The molecule has 2 aliphatic heterocycles. The van der Waals surface area contributed by atoms with Gasteiger partial charge in [-0.15, -0.1) is 0 Å². The standard InChI is InChI=1S/C27H40F3N7O2/c1-17(2)34-9-7-20(8-10-34)37-25(27(28,29)30)24(32)22(33-37)16-39-23-15-19(5-6-21(23)31)26(38)36-13-11-35(12-14-36)18(3)4/h5-6,15,17-18,20H,7-14,16,31-32H2,1-4H3. The molecule has 0 atom stereocenters. The minimum absolute atomic E-state index is 0.00505. The molecule has 2 fully saturated rings. The Balaban J connectivity index is 1.49. The van der Waals surface area contributed by atoms with Crippen molar-refractivity contribution in [2.45, 2.75) is 71.4 Å². The van der Waals surface area contributed by atoms with Crippen LogP contribution in [-0.4, -0.2) is 81.7 Å². The topological polar surface area (TPSA) is 106 Å². The molecule has 3 heterocycles. The van der Waals surface area contributed by atoms with Crippen molar-refractivity contribution in [1.29, 1.82) is 0 Å². The summed E-state index contributed by atoms with van der Waals surface area (Å²) in [6.07, 6.45) is -3.56. The number of carbonyl (C=O) groups excluding carboxylic acids is 1. The van der Waals surface area contributed by atoms with E-state index in [1.54, 1.807) is 17.0 Å². The van der Waals surface area contributed by atoms with Crippen molar-refractivity contribution < 1.29 is 22.7 Å². The van der Waals surface area contributed by atoms with Crippen molar-refractivity contribution in [1.82, 2.24) is 24.5 Å². The van der Waals surface area contributed by atoms with Gasteiger partial charge in [0.2, 0.25) is 0 Å². The van der Waals surface area contributed by atoms with Crippen LogP contribution in [0.25, 0.3) is 0 Å². The van der Waals surface area contributed by atoms with Crippen LogP contribution in [0, 0.1) is 0 Å². The van der Waals surface area contributed by atoms with Crippen LogP contribution in [0.15, 0.2) is 18.2 Å². The molecule has 216 valence electrons. The number of hydrogen-bond acceptors (Lipinski definition) is 7. The monoisotopic (exact) mass is 551 g/mol. The number of piperidine rings is 1. The van der Waals surface area contributed by atoms with Crippen molar-refractivity contribution in [3.05, 3.63) is 35.2 Å². The second-order valence-corrected chi connectivity index (χ2v) is 11.0. The van der Waals surface area contributed by atoms with Crippen LogP contribution >= 0.6 is 0 Å². The Morgan fingerprint density at radius 3 is 2.15 bits per heavy atom. The Hall–Kier alpha value is -2.99. The third-order valence-corrected chi connectivity index (χ3v) is 7.82. The maximum Gasteiger partial charge on any atom is 0.435 e. The quantitative estimate of drug-likeness (QED) is 0.504. The Morgan fingerprint density at radius 2 is 1.59 bits per heavy atom. The van der Waals surface area contributed by atoms with E-state index in [9.17, 15) is 18.0 Å². The lowest BCUT2D eigenvalue weighted by Gasteiger charge is -2.37. The molecule has 4 rings (SSSR count). The molecular formula is C27H40F3N7O2. The predicted molar refractivity (Wildman–Crippen MR) is 144 cm³/mol. The van der Waals surface area contributed by atoms with Gasteiger partial charge in [0.25, 0.3) is 5.91 Å². The van der Waals surface area contributed by atoms with Crippen molar-refractivity contribution in [2.75, 3.05) is 50.7 Å². The number of nitrogen functional groups attached to an aromatic ring is 2. The molecular weight excluding hydrogens is 511 g/mol. The summed E-state index contributed by atoms with van der Waals surface area (Å²) in [6, 6.07) is 5.07. The summed E-state index contributed by atoms with van der Waals surface area (Å²) < 4.78 is 49.0. The van der Waals surface area contributed by atoms with Crippen molar-refractivity contribution in [2.24, 2.45) is 0 Å². The van der Waals surface area contributed by atoms with E-state index >= 15 is 0 Å². The predicted octanol–water partition coefficient (Wildman–Crippen LogP) is 3.86. The SMILES string of the molecule is CC(C)N1CCC(n2nc(COc3cc(C(=O)N4CCN(C(C)C)CC4)ccc3N)c(N)c2C(F)(F)F)CC1. The molecule has 1 amide bonds. The van der Waals surface area contributed by atoms with E-state index < -0.39 is 23.6 Å². The molecule has 0 aliphatic carbocycles. The number of ether oxygens (including phenoxy) is 1. The molecule has 2 aromatic rings. The Kier molecular flexibility index (Phi) is 8.65. The molecule has 0 saturated carbocycles. The zero-order valence-electron chi connectivity index (χ0n) is 23.2. The molecule has 0 radical (unpaired) electrons. The highest BCUT2D eigenvalue weighted by atomic mass is 19.4. The van der Waals surface area contributed by atoms with Crippen LogP contribution in [-0.2, 0) is 12.8 Å². The minimum Gasteiger partial charge on any atom is -0.485 e. The summed E-state index contributed by atoms with van der Waals surface area (Å²) in [5, 5.41) is 4.27.